The van der Waals surface area contributed by atoms with Crippen LogP contribution in [0.15, 0.2) is 28.3 Å². The lowest BCUT2D eigenvalue weighted by Gasteiger charge is -2.02. The Morgan fingerprint density at radius 1 is 1.50 bits per heavy atom. The van der Waals surface area contributed by atoms with Gasteiger partial charge in [0.15, 0.2) is 0 Å². The first-order valence-electron chi connectivity index (χ1n) is 4.50. The zero-order valence-electron chi connectivity index (χ0n) is 8.46. The highest BCUT2D eigenvalue weighted by molar-refractivity contribution is 7.99. The Kier molecular flexibility index (Phi) is 3.16. The summed E-state index contributed by atoms with van der Waals surface area (Å²) in [6.45, 7) is -0.173. The highest BCUT2D eigenvalue weighted by atomic mass is 32.2. The van der Waals surface area contributed by atoms with Gasteiger partial charge in [-0.1, -0.05) is 6.07 Å². The summed E-state index contributed by atoms with van der Waals surface area (Å²) in [5.74, 6) is -0.389. The zero-order valence-corrected chi connectivity index (χ0v) is 9.28. The van der Waals surface area contributed by atoms with Crippen molar-refractivity contribution >= 4 is 11.8 Å². The molecule has 7 heteroatoms. The van der Waals surface area contributed by atoms with E-state index in [1.807, 2.05) is 0 Å². The first-order chi connectivity index (χ1) is 7.70. The summed E-state index contributed by atoms with van der Waals surface area (Å²) in [6, 6.07) is 4.56. The van der Waals surface area contributed by atoms with E-state index < -0.39 is 0 Å². The Morgan fingerprint density at radius 3 is 2.88 bits per heavy atom. The van der Waals surface area contributed by atoms with Crippen LogP contribution in [0.3, 0.4) is 0 Å². The second-order valence-electron chi connectivity index (χ2n) is 3.11. The van der Waals surface area contributed by atoms with Gasteiger partial charge in [-0.05, 0) is 39.9 Å². The number of tetrazole rings is 1. The van der Waals surface area contributed by atoms with E-state index in [-0.39, 0.29) is 12.4 Å². The maximum atomic E-state index is 13.6. The highest BCUT2D eigenvalue weighted by Gasteiger charge is 2.09. The third-order valence-corrected chi connectivity index (χ3v) is 3.04. The third-order valence-electron chi connectivity index (χ3n) is 1.96. The summed E-state index contributed by atoms with van der Waals surface area (Å²) in [6.07, 6.45) is 0. The lowest BCUT2D eigenvalue weighted by atomic mass is 10.2. The molecule has 1 aromatic carbocycles. The Bertz CT molecular complexity index is 502. The molecular formula is C9H9FN4OS. The molecule has 0 aliphatic rings. The molecule has 1 aromatic heterocycles. The quantitative estimate of drug-likeness (QED) is 0.866. The molecule has 0 aliphatic carbocycles. The standard InChI is InChI=1S/C9H9FN4OS/c1-14-9(11-12-13-14)16-8-3-2-6(5-15)4-7(8)10/h2-4,15H,5H2,1H3. The fraction of sp³-hybridized carbons (Fsp3) is 0.222. The number of aliphatic hydroxyl groups is 1. The molecule has 0 unspecified atom stereocenters. The van der Waals surface area contributed by atoms with Crippen LogP contribution in [0.5, 0.6) is 0 Å². The molecule has 5 nitrogen and oxygen atoms in total. The Hall–Kier alpha value is -1.47. The van der Waals surface area contributed by atoms with Crippen molar-refractivity contribution in [2.45, 2.75) is 16.7 Å². The molecule has 1 N–H and O–H groups in total. The predicted molar refractivity (Wildman–Crippen MR) is 55.2 cm³/mol. The van der Waals surface area contributed by atoms with E-state index in [9.17, 15) is 4.39 Å². The maximum absolute atomic E-state index is 13.6. The number of nitrogens with zero attached hydrogens (tertiary/aromatic N) is 4. The molecule has 2 rings (SSSR count). The van der Waals surface area contributed by atoms with Gasteiger partial charge in [-0.3, -0.25) is 0 Å². The minimum atomic E-state index is -0.389. The second-order valence-corrected chi connectivity index (χ2v) is 4.12. The smallest absolute Gasteiger partial charge is 0.213 e. The van der Waals surface area contributed by atoms with E-state index in [4.69, 9.17) is 5.11 Å². The van der Waals surface area contributed by atoms with Gasteiger partial charge >= 0.3 is 0 Å². The van der Waals surface area contributed by atoms with Crippen molar-refractivity contribution in [3.05, 3.63) is 29.6 Å². The van der Waals surface area contributed by atoms with Gasteiger partial charge in [0.05, 0.1) is 11.5 Å². The SMILES string of the molecule is Cn1nnnc1Sc1ccc(CO)cc1F. The van der Waals surface area contributed by atoms with Gasteiger partial charge < -0.3 is 5.11 Å². The van der Waals surface area contributed by atoms with Crippen LogP contribution < -0.4 is 0 Å². The van der Waals surface area contributed by atoms with Crippen LogP contribution in [0.2, 0.25) is 0 Å². The molecule has 0 spiro atoms. The normalized spacial score (nSPS) is 10.7. The number of hydrogen-bond acceptors (Lipinski definition) is 5. The Morgan fingerprint density at radius 2 is 2.31 bits per heavy atom. The molecule has 2 aromatic rings. The summed E-state index contributed by atoms with van der Waals surface area (Å²) in [7, 11) is 1.68. The Balaban J connectivity index is 2.25. The summed E-state index contributed by atoms with van der Waals surface area (Å²) in [5, 5.41) is 20.2. The minimum absolute atomic E-state index is 0.173. The van der Waals surface area contributed by atoms with Crippen molar-refractivity contribution in [2.24, 2.45) is 7.05 Å². The van der Waals surface area contributed by atoms with Crippen LogP contribution in [0.25, 0.3) is 0 Å². The van der Waals surface area contributed by atoms with Crippen LogP contribution in [-0.2, 0) is 13.7 Å². The number of halogens is 1. The molecule has 0 radical (unpaired) electrons. The van der Waals surface area contributed by atoms with Gasteiger partial charge in [-0.2, -0.15) is 0 Å². The first kappa shape index (κ1) is 11.0. The summed E-state index contributed by atoms with van der Waals surface area (Å²) in [4.78, 5) is 0.426. The maximum Gasteiger partial charge on any atom is 0.213 e. The number of rotatable bonds is 3. The van der Waals surface area contributed by atoms with E-state index >= 15 is 0 Å². The van der Waals surface area contributed by atoms with E-state index in [0.717, 1.165) is 11.8 Å². The molecule has 0 saturated heterocycles. The average Bonchev–Trinajstić information content (AvgIpc) is 2.67. The van der Waals surface area contributed by atoms with Crippen LogP contribution in [0.1, 0.15) is 5.56 Å². The summed E-state index contributed by atoms with van der Waals surface area (Å²) < 4.78 is 15.0. The van der Waals surface area contributed by atoms with Crippen molar-refractivity contribution in [3.8, 4) is 0 Å². The van der Waals surface area contributed by atoms with E-state index in [2.05, 4.69) is 15.5 Å². The lowest BCUT2D eigenvalue weighted by Crippen LogP contribution is -1.94. The lowest BCUT2D eigenvalue weighted by molar-refractivity contribution is 0.281. The van der Waals surface area contributed by atoms with E-state index in [1.165, 1.54) is 10.7 Å². The first-order valence-corrected chi connectivity index (χ1v) is 5.32. The monoisotopic (exact) mass is 240 g/mol. The van der Waals surface area contributed by atoms with Gasteiger partial charge in [0.25, 0.3) is 0 Å². The van der Waals surface area contributed by atoms with Crippen molar-refractivity contribution in [3.63, 3.8) is 0 Å². The molecule has 84 valence electrons. The van der Waals surface area contributed by atoms with Crippen LogP contribution >= 0.6 is 11.8 Å². The van der Waals surface area contributed by atoms with Gasteiger partial charge in [0, 0.05) is 7.05 Å². The topological polar surface area (TPSA) is 63.8 Å². The number of aromatic nitrogens is 4. The van der Waals surface area contributed by atoms with Gasteiger partial charge in [0.1, 0.15) is 5.82 Å². The van der Waals surface area contributed by atoms with Gasteiger partial charge in [-0.25, -0.2) is 9.07 Å². The van der Waals surface area contributed by atoms with Gasteiger partial charge in [-0.15, -0.1) is 5.10 Å². The summed E-state index contributed by atoms with van der Waals surface area (Å²) >= 11 is 1.14. The number of benzene rings is 1. The van der Waals surface area contributed by atoms with Crippen LogP contribution in [0, 0.1) is 5.82 Å². The average molecular weight is 240 g/mol. The molecule has 0 fully saturated rings. The summed E-state index contributed by atoms with van der Waals surface area (Å²) in [5.41, 5.74) is 0.540. The fourth-order valence-electron chi connectivity index (χ4n) is 1.13. The van der Waals surface area contributed by atoms with E-state index in [1.54, 1.807) is 19.2 Å². The number of aryl methyl sites for hydroxylation is 1. The number of aliphatic hydroxyl groups excluding tert-OH is 1. The molecular weight excluding hydrogens is 231 g/mol. The Labute approximate surface area is 95.3 Å². The van der Waals surface area contributed by atoms with Crippen molar-refractivity contribution in [1.82, 2.24) is 20.2 Å². The molecule has 1 heterocycles. The molecule has 0 amide bonds. The molecule has 0 aliphatic heterocycles. The van der Waals surface area contributed by atoms with E-state index in [0.29, 0.717) is 15.6 Å². The van der Waals surface area contributed by atoms with Crippen LogP contribution in [0.4, 0.5) is 4.39 Å². The van der Waals surface area contributed by atoms with Gasteiger partial charge in [0.2, 0.25) is 5.16 Å². The zero-order chi connectivity index (χ0) is 11.5. The molecule has 0 bridgehead atoms. The largest absolute Gasteiger partial charge is 0.392 e. The predicted octanol–water partition coefficient (Wildman–Crippen LogP) is 0.993. The number of hydrogen-bond donors (Lipinski definition) is 1. The fourth-order valence-corrected chi connectivity index (χ4v) is 1.87. The third kappa shape index (κ3) is 2.20. The minimum Gasteiger partial charge on any atom is -0.392 e. The van der Waals surface area contributed by atoms with Crippen molar-refractivity contribution < 1.29 is 9.50 Å². The highest BCUT2D eigenvalue weighted by Crippen LogP contribution is 2.27. The van der Waals surface area contributed by atoms with Crippen molar-refractivity contribution in [1.29, 1.82) is 0 Å². The molecule has 0 atom stereocenters. The second kappa shape index (κ2) is 4.58. The van der Waals surface area contributed by atoms with Crippen molar-refractivity contribution in [2.75, 3.05) is 0 Å². The van der Waals surface area contributed by atoms with Crippen LogP contribution in [-0.4, -0.2) is 25.3 Å². The molecule has 16 heavy (non-hydrogen) atoms. The molecule has 0 saturated carbocycles.